The van der Waals surface area contributed by atoms with Crippen molar-refractivity contribution in [2.75, 3.05) is 6.54 Å². The van der Waals surface area contributed by atoms with E-state index >= 15 is 0 Å². The maximum Gasteiger partial charge on any atom is 0.242 e. The molecule has 0 spiro atoms. The van der Waals surface area contributed by atoms with Gasteiger partial charge in [0, 0.05) is 37.9 Å². The molecule has 0 bridgehead atoms. The largest absolute Gasteiger partial charge is 0.356 e. The zero-order valence-electron chi connectivity index (χ0n) is 17.1. The number of carbonyl (C=O) groups excluding carboxylic acids is 4. The molecule has 8 nitrogen and oxygen atoms in total. The highest BCUT2D eigenvalue weighted by Crippen LogP contribution is 2.09. The molecule has 3 amide bonds. The molecular formula is C21H29ClN4O4. The summed E-state index contributed by atoms with van der Waals surface area (Å²) in [5.74, 6) is -1.15. The van der Waals surface area contributed by atoms with Crippen LogP contribution in [-0.4, -0.2) is 42.3 Å². The molecule has 0 aliphatic carbocycles. The molecule has 4 N–H and O–H groups in total. The Balaban J connectivity index is 2.50. The number of halogens is 1. The van der Waals surface area contributed by atoms with Crippen LogP contribution in [0.15, 0.2) is 24.3 Å². The van der Waals surface area contributed by atoms with Crippen molar-refractivity contribution in [2.24, 2.45) is 0 Å². The SMILES string of the molecule is CC(=O)NCCCCCC(=O)N[C@@H](CCC(=O)C=N)C(=O)NCc1ccc(Cl)cc1. The summed E-state index contributed by atoms with van der Waals surface area (Å²) < 4.78 is 0. The van der Waals surface area contributed by atoms with Crippen molar-refractivity contribution in [1.29, 1.82) is 5.41 Å². The van der Waals surface area contributed by atoms with Gasteiger partial charge in [0.15, 0.2) is 5.78 Å². The van der Waals surface area contributed by atoms with Gasteiger partial charge in [0.1, 0.15) is 6.04 Å². The van der Waals surface area contributed by atoms with E-state index in [9.17, 15) is 19.2 Å². The summed E-state index contributed by atoms with van der Waals surface area (Å²) in [7, 11) is 0. The van der Waals surface area contributed by atoms with Gasteiger partial charge in [-0.15, -0.1) is 0 Å². The maximum absolute atomic E-state index is 12.5. The Morgan fingerprint density at radius 1 is 1.03 bits per heavy atom. The van der Waals surface area contributed by atoms with Gasteiger partial charge in [-0.3, -0.25) is 19.2 Å². The van der Waals surface area contributed by atoms with Gasteiger partial charge in [-0.05, 0) is 37.0 Å². The van der Waals surface area contributed by atoms with Gasteiger partial charge in [-0.2, -0.15) is 0 Å². The van der Waals surface area contributed by atoms with Crippen LogP contribution in [0.4, 0.5) is 0 Å². The fraction of sp³-hybridized carbons (Fsp3) is 0.476. The van der Waals surface area contributed by atoms with Crippen molar-refractivity contribution in [3.63, 3.8) is 0 Å². The molecule has 0 aliphatic rings. The normalized spacial score (nSPS) is 11.3. The Morgan fingerprint density at radius 3 is 2.37 bits per heavy atom. The van der Waals surface area contributed by atoms with E-state index in [2.05, 4.69) is 16.0 Å². The van der Waals surface area contributed by atoms with Gasteiger partial charge in [0.2, 0.25) is 17.7 Å². The lowest BCUT2D eigenvalue weighted by Crippen LogP contribution is -2.46. The minimum atomic E-state index is -0.854. The highest BCUT2D eigenvalue weighted by atomic mass is 35.5. The zero-order chi connectivity index (χ0) is 22.4. The molecule has 1 atom stereocenters. The Hall–Kier alpha value is -2.74. The van der Waals surface area contributed by atoms with Crippen molar-refractivity contribution >= 4 is 41.3 Å². The van der Waals surface area contributed by atoms with Gasteiger partial charge < -0.3 is 21.4 Å². The molecule has 0 heterocycles. The van der Waals surface area contributed by atoms with Crippen LogP contribution >= 0.6 is 11.6 Å². The number of amides is 3. The van der Waals surface area contributed by atoms with E-state index in [4.69, 9.17) is 17.0 Å². The van der Waals surface area contributed by atoms with Crippen molar-refractivity contribution in [3.05, 3.63) is 34.9 Å². The van der Waals surface area contributed by atoms with E-state index in [1.807, 2.05) is 0 Å². The van der Waals surface area contributed by atoms with Crippen LogP contribution in [0.5, 0.6) is 0 Å². The predicted octanol–water partition coefficient (Wildman–Crippen LogP) is 2.14. The number of nitrogens with one attached hydrogen (secondary N) is 4. The van der Waals surface area contributed by atoms with E-state index < -0.39 is 11.8 Å². The fourth-order valence-corrected chi connectivity index (χ4v) is 2.79. The number of hydrogen-bond donors (Lipinski definition) is 4. The highest BCUT2D eigenvalue weighted by Gasteiger charge is 2.21. The predicted molar refractivity (Wildman–Crippen MR) is 115 cm³/mol. The minimum absolute atomic E-state index is 0.000469. The average Bonchev–Trinajstić information content (AvgIpc) is 2.72. The third-order valence-corrected chi connectivity index (χ3v) is 4.58. The molecule has 9 heteroatoms. The number of unbranched alkanes of at least 4 members (excludes halogenated alkanes) is 2. The molecule has 30 heavy (non-hydrogen) atoms. The molecule has 0 unspecified atom stereocenters. The molecule has 0 saturated carbocycles. The Labute approximate surface area is 181 Å². The fourth-order valence-electron chi connectivity index (χ4n) is 2.66. The topological polar surface area (TPSA) is 128 Å². The first-order chi connectivity index (χ1) is 14.3. The lowest BCUT2D eigenvalue weighted by molar-refractivity contribution is -0.129. The van der Waals surface area contributed by atoms with Crippen molar-refractivity contribution in [1.82, 2.24) is 16.0 Å². The van der Waals surface area contributed by atoms with E-state index in [-0.39, 0.29) is 43.5 Å². The van der Waals surface area contributed by atoms with E-state index in [0.717, 1.165) is 18.4 Å². The molecule has 0 radical (unpaired) electrons. The number of rotatable bonds is 14. The number of hydrogen-bond acceptors (Lipinski definition) is 5. The summed E-state index contributed by atoms with van der Waals surface area (Å²) in [5, 5.41) is 15.7. The van der Waals surface area contributed by atoms with Gasteiger partial charge in [-0.25, -0.2) is 0 Å². The molecule has 1 rings (SSSR count). The summed E-state index contributed by atoms with van der Waals surface area (Å²) in [6.07, 6.45) is 3.25. The second-order valence-electron chi connectivity index (χ2n) is 6.91. The number of carbonyl (C=O) groups is 4. The van der Waals surface area contributed by atoms with Crippen molar-refractivity contribution in [2.45, 2.75) is 58.0 Å². The monoisotopic (exact) mass is 436 g/mol. The summed E-state index contributed by atoms with van der Waals surface area (Å²) in [4.78, 5) is 47.0. The van der Waals surface area contributed by atoms with Gasteiger partial charge in [-0.1, -0.05) is 30.2 Å². The zero-order valence-corrected chi connectivity index (χ0v) is 17.9. The van der Waals surface area contributed by atoms with E-state index in [1.54, 1.807) is 24.3 Å². The maximum atomic E-state index is 12.5. The molecule has 1 aromatic rings. The molecule has 0 aliphatic heterocycles. The molecule has 164 valence electrons. The van der Waals surface area contributed by atoms with Gasteiger partial charge >= 0.3 is 0 Å². The van der Waals surface area contributed by atoms with E-state index in [0.29, 0.717) is 24.2 Å². The Morgan fingerprint density at radius 2 is 1.73 bits per heavy atom. The highest BCUT2D eigenvalue weighted by molar-refractivity contribution is 6.30. The molecule has 0 aromatic heterocycles. The molecule has 0 fully saturated rings. The van der Waals surface area contributed by atoms with Crippen molar-refractivity contribution < 1.29 is 19.2 Å². The third kappa shape index (κ3) is 11.3. The number of benzene rings is 1. The first-order valence-corrected chi connectivity index (χ1v) is 10.3. The average molecular weight is 437 g/mol. The number of Topliss-reactive ketones (excluding diaryl/α,β-unsaturated/α-hetero) is 1. The first-order valence-electron chi connectivity index (χ1n) is 9.91. The molecular weight excluding hydrogens is 408 g/mol. The van der Waals surface area contributed by atoms with E-state index in [1.165, 1.54) is 6.92 Å². The van der Waals surface area contributed by atoms with Gasteiger partial charge in [0.05, 0.1) is 6.21 Å². The van der Waals surface area contributed by atoms with Crippen LogP contribution in [0.25, 0.3) is 0 Å². The number of ketones is 1. The van der Waals surface area contributed by atoms with Crippen LogP contribution in [0.2, 0.25) is 5.02 Å². The van der Waals surface area contributed by atoms with Crippen LogP contribution in [0, 0.1) is 5.41 Å². The Kier molecular flexibility index (Phi) is 12.0. The lowest BCUT2D eigenvalue weighted by atomic mass is 10.1. The second-order valence-corrected chi connectivity index (χ2v) is 7.34. The summed E-state index contributed by atoms with van der Waals surface area (Å²) in [6, 6.07) is 6.16. The Bertz CT molecular complexity index is 737. The standard InChI is InChI=1S/C21H29ClN4O4/c1-15(27)24-12-4-2-3-5-20(29)26-19(11-10-18(28)13-23)21(30)25-14-16-6-8-17(22)9-7-16/h6-9,13,19,23H,2-5,10-12,14H2,1H3,(H,24,27)(H,25,30)(H,26,29)/t19-/m0/s1. The summed E-state index contributed by atoms with van der Waals surface area (Å²) >= 11 is 5.85. The molecule has 0 saturated heterocycles. The first kappa shape index (κ1) is 25.3. The quantitative estimate of drug-likeness (QED) is 0.263. The smallest absolute Gasteiger partial charge is 0.242 e. The second kappa shape index (κ2) is 14.3. The van der Waals surface area contributed by atoms with Gasteiger partial charge in [0.25, 0.3) is 0 Å². The third-order valence-electron chi connectivity index (χ3n) is 4.33. The molecule has 1 aromatic carbocycles. The minimum Gasteiger partial charge on any atom is -0.356 e. The lowest BCUT2D eigenvalue weighted by Gasteiger charge is -2.18. The van der Waals surface area contributed by atoms with Crippen LogP contribution in [-0.2, 0) is 25.7 Å². The van der Waals surface area contributed by atoms with Crippen LogP contribution in [0.1, 0.15) is 51.0 Å². The van der Waals surface area contributed by atoms with Crippen LogP contribution < -0.4 is 16.0 Å². The van der Waals surface area contributed by atoms with Crippen molar-refractivity contribution in [3.8, 4) is 0 Å². The summed E-state index contributed by atoms with van der Waals surface area (Å²) in [5.41, 5.74) is 0.854. The summed E-state index contributed by atoms with van der Waals surface area (Å²) in [6.45, 7) is 2.29. The van der Waals surface area contributed by atoms with Crippen LogP contribution in [0.3, 0.4) is 0 Å².